The second-order valence-corrected chi connectivity index (χ2v) is 8.91. The number of benzene rings is 1. The molecule has 9 heteroatoms. The number of hydrogen-bond acceptors (Lipinski definition) is 5. The molecule has 170 valence electrons. The molecule has 6 nitrogen and oxygen atoms in total. The third kappa shape index (κ3) is 4.72. The van der Waals surface area contributed by atoms with Gasteiger partial charge in [-0.15, -0.1) is 0 Å². The van der Waals surface area contributed by atoms with Gasteiger partial charge in [0.15, 0.2) is 0 Å². The van der Waals surface area contributed by atoms with Crippen LogP contribution in [0.2, 0.25) is 0 Å². The average Bonchev–Trinajstić information content (AvgIpc) is 3.55. The number of halogens is 3. The van der Waals surface area contributed by atoms with Crippen LogP contribution in [0.3, 0.4) is 0 Å². The van der Waals surface area contributed by atoms with Crippen LogP contribution >= 0.6 is 0 Å². The molecule has 0 radical (unpaired) electrons. The second-order valence-electron chi connectivity index (χ2n) is 8.91. The fraction of sp³-hybridized carbons (Fsp3) is 0.522. The van der Waals surface area contributed by atoms with E-state index < -0.39 is 11.7 Å². The first-order chi connectivity index (χ1) is 15.3. The highest BCUT2D eigenvalue weighted by atomic mass is 19.4. The number of hydrogen-bond donors (Lipinski definition) is 0. The Morgan fingerprint density at radius 1 is 1.12 bits per heavy atom. The molecule has 1 amide bonds. The summed E-state index contributed by atoms with van der Waals surface area (Å²) in [5.74, 6) is 1.05. The molecule has 1 aliphatic carbocycles. The summed E-state index contributed by atoms with van der Waals surface area (Å²) in [5, 5.41) is 0. The molecule has 0 bridgehead atoms. The molecular weight excluding hydrogens is 421 g/mol. The first-order valence-corrected chi connectivity index (χ1v) is 11.0. The van der Waals surface area contributed by atoms with Crippen molar-refractivity contribution >= 4 is 5.91 Å². The van der Waals surface area contributed by atoms with Gasteiger partial charge < -0.3 is 9.64 Å². The fourth-order valence-corrected chi connectivity index (χ4v) is 4.62. The van der Waals surface area contributed by atoms with Gasteiger partial charge in [-0.1, -0.05) is 18.2 Å². The SMILES string of the molecule is O=C1CCN(Cc2cccc(C(F)(F)F)c2)CC2CC(Oc3cnc(C4CC4)cn3)CN12. The third-order valence-corrected chi connectivity index (χ3v) is 6.40. The highest BCUT2D eigenvalue weighted by molar-refractivity contribution is 5.77. The molecule has 2 saturated heterocycles. The van der Waals surface area contributed by atoms with Crippen molar-refractivity contribution in [2.45, 2.75) is 56.5 Å². The maximum atomic E-state index is 13.0. The number of aromatic nitrogens is 2. The number of rotatable bonds is 5. The van der Waals surface area contributed by atoms with Gasteiger partial charge in [-0.2, -0.15) is 13.2 Å². The van der Waals surface area contributed by atoms with Crippen molar-refractivity contribution < 1.29 is 22.7 Å². The van der Waals surface area contributed by atoms with Gasteiger partial charge in [-0.05, 0) is 24.5 Å². The zero-order valence-electron chi connectivity index (χ0n) is 17.6. The zero-order valence-corrected chi connectivity index (χ0v) is 17.6. The van der Waals surface area contributed by atoms with Gasteiger partial charge in [0, 0.05) is 44.4 Å². The number of fused-ring (bicyclic) bond motifs is 1. The van der Waals surface area contributed by atoms with Gasteiger partial charge in [0.25, 0.3) is 0 Å². The molecule has 5 rings (SSSR count). The Morgan fingerprint density at radius 2 is 1.97 bits per heavy atom. The highest BCUT2D eigenvalue weighted by Gasteiger charge is 2.39. The number of nitrogens with zero attached hydrogens (tertiary/aromatic N) is 4. The molecule has 1 saturated carbocycles. The number of ether oxygens (including phenoxy) is 1. The van der Waals surface area contributed by atoms with E-state index in [0.29, 0.717) is 56.4 Å². The van der Waals surface area contributed by atoms with E-state index in [1.54, 1.807) is 18.5 Å². The lowest BCUT2D eigenvalue weighted by Gasteiger charge is -2.25. The van der Waals surface area contributed by atoms with Gasteiger partial charge in [0.05, 0.1) is 30.2 Å². The summed E-state index contributed by atoms with van der Waals surface area (Å²) in [7, 11) is 0. The minimum Gasteiger partial charge on any atom is -0.471 e. The van der Waals surface area contributed by atoms with Crippen molar-refractivity contribution in [1.29, 1.82) is 0 Å². The molecule has 0 N–H and O–H groups in total. The van der Waals surface area contributed by atoms with Gasteiger partial charge in [-0.25, -0.2) is 4.98 Å². The van der Waals surface area contributed by atoms with Crippen LogP contribution in [0.25, 0.3) is 0 Å². The van der Waals surface area contributed by atoms with Crippen LogP contribution in [0.15, 0.2) is 36.7 Å². The first-order valence-electron chi connectivity index (χ1n) is 11.0. The summed E-state index contributed by atoms with van der Waals surface area (Å²) in [5.41, 5.74) is 0.946. The summed E-state index contributed by atoms with van der Waals surface area (Å²) in [6.07, 6.45) is 2.21. The van der Waals surface area contributed by atoms with E-state index in [9.17, 15) is 18.0 Å². The third-order valence-electron chi connectivity index (χ3n) is 6.40. The topological polar surface area (TPSA) is 58.6 Å². The molecular formula is C23H25F3N4O2. The standard InChI is InChI=1S/C23H25F3N4O2/c24-23(25,26)17-3-1-2-15(8-17)12-29-7-6-22(31)30-14-19(9-18(30)13-29)32-21-11-27-20(10-28-21)16-4-5-16/h1-3,8,10-11,16,18-19H,4-7,9,12-14H2. The minimum absolute atomic E-state index is 0.0282. The van der Waals surface area contributed by atoms with Crippen molar-refractivity contribution in [3.63, 3.8) is 0 Å². The lowest BCUT2D eigenvalue weighted by Crippen LogP contribution is -2.38. The van der Waals surface area contributed by atoms with Crippen LogP contribution in [0.4, 0.5) is 13.2 Å². The monoisotopic (exact) mass is 446 g/mol. The zero-order chi connectivity index (χ0) is 22.3. The second kappa shape index (κ2) is 8.35. The van der Waals surface area contributed by atoms with E-state index in [4.69, 9.17) is 4.74 Å². The van der Waals surface area contributed by atoms with Crippen molar-refractivity contribution in [1.82, 2.24) is 19.8 Å². The van der Waals surface area contributed by atoms with Crippen molar-refractivity contribution in [3.8, 4) is 5.88 Å². The Balaban J connectivity index is 1.22. The number of carbonyl (C=O) groups excluding carboxylic acids is 1. The molecule has 2 unspecified atom stereocenters. The van der Waals surface area contributed by atoms with Crippen molar-refractivity contribution in [3.05, 3.63) is 53.5 Å². The van der Waals surface area contributed by atoms with Crippen LogP contribution < -0.4 is 4.74 Å². The molecule has 2 aliphatic heterocycles. The van der Waals surface area contributed by atoms with E-state index in [-0.39, 0.29) is 18.1 Å². The molecule has 2 atom stereocenters. The molecule has 1 aromatic carbocycles. The molecule has 3 fully saturated rings. The smallest absolute Gasteiger partial charge is 0.416 e. The highest BCUT2D eigenvalue weighted by Crippen LogP contribution is 2.38. The van der Waals surface area contributed by atoms with Crippen LogP contribution in [-0.4, -0.2) is 57.5 Å². The minimum atomic E-state index is -4.36. The summed E-state index contributed by atoms with van der Waals surface area (Å²) < 4.78 is 45.1. The Bertz CT molecular complexity index is 978. The number of carbonyl (C=O) groups is 1. The van der Waals surface area contributed by atoms with Gasteiger partial charge in [0.1, 0.15) is 6.10 Å². The van der Waals surface area contributed by atoms with E-state index in [1.165, 1.54) is 12.1 Å². The summed E-state index contributed by atoms with van der Waals surface area (Å²) in [6.45, 7) is 2.00. The molecule has 1 aromatic heterocycles. The summed E-state index contributed by atoms with van der Waals surface area (Å²) >= 11 is 0. The number of alkyl halides is 3. The maximum Gasteiger partial charge on any atom is 0.416 e. The van der Waals surface area contributed by atoms with Gasteiger partial charge in [0.2, 0.25) is 11.8 Å². The van der Waals surface area contributed by atoms with Crippen LogP contribution in [0.1, 0.15) is 48.4 Å². The van der Waals surface area contributed by atoms with Crippen LogP contribution in [0, 0.1) is 0 Å². The number of amides is 1. The molecule has 32 heavy (non-hydrogen) atoms. The lowest BCUT2D eigenvalue weighted by molar-refractivity contribution is -0.137. The predicted octanol–water partition coefficient (Wildman–Crippen LogP) is 3.63. The van der Waals surface area contributed by atoms with Gasteiger partial charge >= 0.3 is 6.18 Å². The van der Waals surface area contributed by atoms with E-state index >= 15 is 0 Å². The van der Waals surface area contributed by atoms with Crippen molar-refractivity contribution in [2.75, 3.05) is 19.6 Å². The predicted molar refractivity (Wildman–Crippen MR) is 110 cm³/mol. The Hall–Kier alpha value is -2.68. The van der Waals surface area contributed by atoms with Gasteiger partial charge in [-0.3, -0.25) is 14.7 Å². The maximum absolute atomic E-state index is 13.0. The molecule has 2 aromatic rings. The molecule has 3 heterocycles. The van der Waals surface area contributed by atoms with E-state index in [2.05, 4.69) is 14.9 Å². The van der Waals surface area contributed by atoms with Crippen molar-refractivity contribution in [2.24, 2.45) is 0 Å². The average molecular weight is 446 g/mol. The van der Waals surface area contributed by atoms with E-state index in [1.807, 2.05) is 4.90 Å². The lowest BCUT2D eigenvalue weighted by atomic mass is 10.1. The van der Waals surface area contributed by atoms with Crippen LogP contribution in [-0.2, 0) is 17.5 Å². The van der Waals surface area contributed by atoms with E-state index in [0.717, 1.165) is 24.6 Å². The largest absolute Gasteiger partial charge is 0.471 e. The Kier molecular flexibility index (Phi) is 5.53. The normalized spacial score (nSPS) is 24.3. The Morgan fingerprint density at radius 3 is 2.69 bits per heavy atom. The molecule has 3 aliphatic rings. The Labute approximate surface area is 184 Å². The summed E-state index contributed by atoms with van der Waals surface area (Å²) in [6, 6.07) is 5.37. The quantitative estimate of drug-likeness (QED) is 0.702. The summed E-state index contributed by atoms with van der Waals surface area (Å²) in [4.78, 5) is 25.4. The fourth-order valence-electron chi connectivity index (χ4n) is 4.62. The van der Waals surface area contributed by atoms with Crippen LogP contribution in [0.5, 0.6) is 5.88 Å². The molecule has 0 spiro atoms. The first kappa shape index (κ1) is 21.2.